The Labute approximate surface area is 112 Å². The first-order valence-corrected chi connectivity index (χ1v) is 5.56. The largest absolute Gasteiger partial charge is 0.504 e. The van der Waals surface area contributed by atoms with E-state index in [0.717, 1.165) is 0 Å². The number of ketones is 4. The third-order valence-corrected chi connectivity index (χ3v) is 2.81. The van der Waals surface area contributed by atoms with Gasteiger partial charge in [-0.1, -0.05) is 0 Å². The summed E-state index contributed by atoms with van der Waals surface area (Å²) < 4.78 is 0. The lowest BCUT2D eigenvalue weighted by Gasteiger charge is -2.06. The van der Waals surface area contributed by atoms with E-state index in [4.69, 9.17) is 0 Å². The van der Waals surface area contributed by atoms with Gasteiger partial charge in [-0.3, -0.25) is 24.2 Å². The van der Waals surface area contributed by atoms with Crippen molar-refractivity contribution in [1.82, 2.24) is 4.98 Å². The summed E-state index contributed by atoms with van der Waals surface area (Å²) >= 11 is 0. The molecule has 0 radical (unpaired) electrons. The summed E-state index contributed by atoms with van der Waals surface area (Å²) in [6.07, 6.45) is -1.04. The van der Waals surface area contributed by atoms with Crippen molar-refractivity contribution < 1.29 is 29.4 Å². The number of hydrogen-bond acceptors (Lipinski definition) is 7. The lowest BCUT2D eigenvalue weighted by Crippen LogP contribution is -2.36. The van der Waals surface area contributed by atoms with E-state index in [1.54, 1.807) is 6.92 Å². The highest BCUT2D eigenvalue weighted by Gasteiger charge is 2.42. The second kappa shape index (κ2) is 4.78. The number of aliphatic hydroxyl groups excluding tert-OH is 2. The first kappa shape index (κ1) is 13.8. The van der Waals surface area contributed by atoms with Crippen LogP contribution >= 0.6 is 0 Å². The molecule has 0 saturated heterocycles. The van der Waals surface area contributed by atoms with Crippen molar-refractivity contribution in [2.24, 2.45) is 0 Å². The molecule has 1 aliphatic carbocycles. The van der Waals surface area contributed by atoms with E-state index >= 15 is 0 Å². The topological polar surface area (TPSA) is 122 Å². The van der Waals surface area contributed by atoms with Gasteiger partial charge in [0, 0.05) is 11.9 Å². The van der Waals surface area contributed by atoms with Crippen LogP contribution in [0.2, 0.25) is 0 Å². The van der Waals surface area contributed by atoms with Crippen molar-refractivity contribution in [2.45, 2.75) is 13.0 Å². The number of rotatable bonds is 1. The average molecular weight is 275 g/mol. The Bertz CT molecular complexity index is 688. The van der Waals surface area contributed by atoms with Crippen LogP contribution in [0, 0.1) is 6.92 Å². The van der Waals surface area contributed by atoms with E-state index < -0.39 is 40.6 Å². The molecule has 7 nitrogen and oxygen atoms in total. The van der Waals surface area contributed by atoms with Crippen LogP contribution in [0.25, 0.3) is 5.57 Å². The van der Waals surface area contributed by atoms with E-state index in [1.165, 1.54) is 18.3 Å². The number of Topliss-reactive ketones (excluding diaryl/α,β-unsaturated/α-hetero) is 4. The molecule has 102 valence electrons. The van der Waals surface area contributed by atoms with Crippen LogP contribution in [0.5, 0.6) is 0 Å². The van der Waals surface area contributed by atoms with Gasteiger partial charge in [-0.15, -0.1) is 0 Å². The van der Waals surface area contributed by atoms with E-state index in [9.17, 15) is 29.4 Å². The lowest BCUT2D eigenvalue weighted by molar-refractivity contribution is -0.147. The minimum absolute atomic E-state index is 0.0728. The van der Waals surface area contributed by atoms with Crippen molar-refractivity contribution in [2.75, 3.05) is 0 Å². The summed E-state index contributed by atoms with van der Waals surface area (Å²) in [6.45, 7) is 1.60. The number of pyridine rings is 1. The molecule has 1 aromatic heterocycles. The Morgan fingerprint density at radius 2 is 1.75 bits per heavy atom. The fraction of sp³-hybridized carbons (Fsp3) is 0.154. The number of aliphatic hydroxyl groups is 2. The number of aryl methyl sites for hydroxylation is 1. The number of nitrogens with zero attached hydrogens (tertiary/aromatic N) is 1. The minimum Gasteiger partial charge on any atom is -0.504 e. The normalized spacial score (nSPS) is 20.4. The van der Waals surface area contributed by atoms with Crippen LogP contribution in [0.3, 0.4) is 0 Å². The van der Waals surface area contributed by atoms with E-state index in [1.807, 2.05) is 0 Å². The average Bonchev–Trinajstić information content (AvgIpc) is 2.47. The smallest absolute Gasteiger partial charge is 0.272 e. The Morgan fingerprint density at radius 1 is 1.10 bits per heavy atom. The molecule has 0 fully saturated rings. The summed E-state index contributed by atoms with van der Waals surface area (Å²) in [5.41, 5.74) is -0.0504. The standard InChI is InChI=1S/C13H9NO6/c1-5-4-6(2-3-14-5)7-8(15)10(17)12(19)13(20)11(18)9(7)16/h2-4,12,15,19H,1H3. The first-order chi connectivity index (χ1) is 9.34. The number of hydrogen-bond donors (Lipinski definition) is 2. The Morgan fingerprint density at radius 3 is 2.35 bits per heavy atom. The van der Waals surface area contributed by atoms with Crippen molar-refractivity contribution >= 4 is 28.7 Å². The molecule has 0 amide bonds. The minimum atomic E-state index is -2.35. The molecule has 1 heterocycles. The number of carbonyl (C=O) groups excluding carboxylic acids is 4. The van der Waals surface area contributed by atoms with Crippen LogP contribution in [0.1, 0.15) is 11.3 Å². The third kappa shape index (κ3) is 2.04. The molecule has 2 rings (SSSR count). The van der Waals surface area contributed by atoms with Gasteiger partial charge in [0.25, 0.3) is 5.78 Å². The number of carbonyl (C=O) groups is 4. The molecule has 7 heteroatoms. The predicted molar refractivity (Wildman–Crippen MR) is 64.6 cm³/mol. The fourth-order valence-electron chi connectivity index (χ4n) is 1.80. The summed E-state index contributed by atoms with van der Waals surface area (Å²) in [5.74, 6) is -6.90. The van der Waals surface area contributed by atoms with E-state index in [-0.39, 0.29) is 5.56 Å². The van der Waals surface area contributed by atoms with Crippen molar-refractivity contribution in [3.05, 3.63) is 35.3 Å². The Hall–Kier alpha value is -2.67. The molecule has 0 aliphatic heterocycles. The van der Waals surface area contributed by atoms with Crippen LogP contribution in [0.4, 0.5) is 0 Å². The summed E-state index contributed by atoms with van der Waals surface area (Å²) in [5, 5.41) is 19.1. The molecular formula is C13H9NO6. The molecule has 0 saturated carbocycles. The van der Waals surface area contributed by atoms with Crippen LogP contribution < -0.4 is 0 Å². The maximum absolute atomic E-state index is 11.9. The quantitative estimate of drug-likeness (QED) is 0.513. The van der Waals surface area contributed by atoms with Gasteiger partial charge in [0.1, 0.15) is 0 Å². The molecule has 1 aliphatic rings. The van der Waals surface area contributed by atoms with Gasteiger partial charge in [-0.25, -0.2) is 0 Å². The highest BCUT2D eigenvalue weighted by molar-refractivity contribution is 6.75. The van der Waals surface area contributed by atoms with Crippen molar-refractivity contribution in [1.29, 1.82) is 0 Å². The molecule has 0 aromatic carbocycles. The second-order valence-electron chi connectivity index (χ2n) is 4.20. The Balaban J connectivity index is 2.70. The molecular weight excluding hydrogens is 266 g/mol. The highest BCUT2D eigenvalue weighted by atomic mass is 16.3. The zero-order valence-corrected chi connectivity index (χ0v) is 10.3. The third-order valence-electron chi connectivity index (χ3n) is 2.81. The number of aromatic nitrogens is 1. The van der Waals surface area contributed by atoms with Crippen molar-refractivity contribution in [3.8, 4) is 0 Å². The molecule has 1 unspecified atom stereocenters. The summed E-state index contributed by atoms with van der Waals surface area (Å²) in [6, 6.07) is 2.67. The van der Waals surface area contributed by atoms with Gasteiger partial charge in [0.05, 0.1) is 5.57 Å². The second-order valence-corrected chi connectivity index (χ2v) is 4.20. The zero-order valence-electron chi connectivity index (χ0n) is 10.3. The lowest BCUT2D eigenvalue weighted by atomic mass is 9.98. The van der Waals surface area contributed by atoms with Crippen LogP contribution in [-0.4, -0.2) is 44.4 Å². The number of allylic oxidation sites excluding steroid dienone is 1. The molecule has 2 N–H and O–H groups in total. The molecule has 1 atom stereocenters. The highest BCUT2D eigenvalue weighted by Crippen LogP contribution is 2.23. The van der Waals surface area contributed by atoms with Gasteiger partial charge in [0.2, 0.25) is 17.3 Å². The van der Waals surface area contributed by atoms with Crippen molar-refractivity contribution in [3.63, 3.8) is 0 Å². The van der Waals surface area contributed by atoms with Crippen LogP contribution in [-0.2, 0) is 19.2 Å². The van der Waals surface area contributed by atoms with Gasteiger partial charge in [0.15, 0.2) is 11.9 Å². The SMILES string of the molecule is Cc1cc(C2=C(O)C(=O)C(O)C(=O)C(=O)C2=O)ccn1. The van der Waals surface area contributed by atoms with Crippen LogP contribution in [0.15, 0.2) is 24.1 Å². The molecule has 0 spiro atoms. The molecule has 20 heavy (non-hydrogen) atoms. The monoisotopic (exact) mass is 275 g/mol. The van der Waals surface area contributed by atoms with E-state index in [2.05, 4.69) is 4.98 Å². The van der Waals surface area contributed by atoms with E-state index in [0.29, 0.717) is 5.69 Å². The first-order valence-electron chi connectivity index (χ1n) is 5.56. The van der Waals surface area contributed by atoms with Gasteiger partial charge < -0.3 is 10.2 Å². The summed E-state index contributed by atoms with van der Waals surface area (Å²) in [4.78, 5) is 50.3. The fourth-order valence-corrected chi connectivity index (χ4v) is 1.80. The predicted octanol–water partition coefficient (Wildman–Crippen LogP) is -0.690. The maximum Gasteiger partial charge on any atom is 0.272 e. The molecule has 1 aromatic rings. The van der Waals surface area contributed by atoms with Gasteiger partial charge >= 0.3 is 0 Å². The Kier molecular flexibility index (Phi) is 3.29. The maximum atomic E-state index is 11.9. The van der Waals surface area contributed by atoms with Gasteiger partial charge in [-0.05, 0) is 24.6 Å². The zero-order chi connectivity index (χ0) is 15.0. The summed E-state index contributed by atoms with van der Waals surface area (Å²) in [7, 11) is 0. The molecule has 0 bridgehead atoms. The van der Waals surface area contributed by atoms with Gasteiger partial charge in [-0.2, -0.15) is 0 Å².